The number of hydrogen-bond acceptors (Lipinski definition) is 3. The number of H-pyrrole nitrogens is 1. The summed E-state index contributed by atoms with van der Waals surface area (Å²) >= 11 is 0. The minimum absolute atomic E-state index is 0.0945. The number of nitrogens with one attached hydrogen (secondary N) is 2. The van der Waals surface area contributed by atoms with Crippen molar-refractivity contribution < 1.29 is 4.79 Å². The monoisotopic (exact) mass is 390 g/mol. The number of carbonyl (C=O) groups excluding carboxylic acids is 1. The van der Waals surface area contributed by atoms with Crippen LogP contribution in [0.4, 0.5) is 5.95 Å². The minimum atomic E-state index is 0.0945. The molecule has 0 saturated carbocycles. The predicted octanol–water partition coefficient (Wildman–Crippen LogP) is 4.23. The molecule has 0 bridgehead atoms. The lowest BCUT2D eigenvalue weighted by Crippen LogP contribution is -2.43. The van der Waals surface area contributed by atoms with E-state index in [-0.39, 0.29) is 17.9 Å². The lowest BCUT2D eigenvalue weighted by atomic mass is 9.95. The fourth-order valence-electron chi connectivity index (χ4n) is 4.07. The van der Waals surface area contributed by atoms with Gasteiger partial charge in [-0.25, -0.2) is 4.98 Å². The van der Waals surface area contributed by atoms with Crippen molar-refractivity contribution in [3.8, 4) is 0 Å². The molecule has 2 heterocycles. The summed E-state index contributed by atoms with van der Waals surface area (Å²) in [6.07, 6.45) is 3.69. The van der Waals surface area contributed by atoms with E-state index in [1.54, 1.807) is 0 Å². The smallest absolute Gasteiger partial charge is 0.223 e. The van der Waals surface area contributed by atoms with Gasteiger partial charge in [0.1, 0.15) is 0 Å². The van der Waals surface area contributed by atoms with Crippen molar-refractivity contribution in [2.75, 3.05) is 18.0 Å². The number of benzene rings is 2. The largest absolute Gasteiger partial charge is 0.353 e. The summed E-state index contributed by atoms with van der Waals surface area (Å²) < 4.78 is 0. The van der Waals surface area contributed by atoms with Crippen molar-refractivity contribution in [2.45, 2.75) is 45.6 Å². The Morgan fingerprint density at radius 1 is 1.21 bits per heavy atom. The molecule has 3 aromatic rings. The molecule has 1 fully saturated rings. The van der Waals surface area contributed by atoms with Crippen LogP contribution < -0.4 is 10.2 Å². The van der Waals surface area contributed by atoms with E-state index in [2.05, 4.69) is 71.5 Å². The van der Waals surface area contributed by atoms with Gasteiger partial charge >= 0.3 is 0 Å². The van der Waals surface area contributed by atoms with Crippen molar-refractivity contribution in [2.24, 2.45) is 5.92 Å². The molecule has 1 atom stereocenters. The summed E-state index contributed by atoms with van der Waals surface area (Å²) in [5.41, 5.74) is 4.62. The highest BCUT2D eigenvalue weighted by Crippen LogP contribution is 2.24. The van der Waals surface area contributed by atoms with Crippen molar-refractivity contribution >= 4 is 22.9 Å². The average molecular weight is 391 g/mol. The number of amides is 1. The lowest BCUT2D eigenvalue weighted by molar-refractivity contribution is -0.126. The zero-order chi connectivity index (χ0) is 20.2. The maximum absolute atomic E-state index is 12.7. The van der Waals surface area contributed by atoms with E-state index in [4.69, 9.17) is 4.98 Å². The molecular formula is C24H30N4O. The Balaban J connectivity index is 1.26. The molecular weight excluding hydrogens is 360 g/mol. The van der Waals surface area contributed by atoms with Crippen molar-refractivity contribution in [3.05, 3.63) is 59.7 Å². The van der Waals surface area contributed by atoms with Crippen molar-refractivity contribution in [1.29, 1.82) is 0 Å². The number of anilines is 1. The van der Waals surface area contributed by atoms with E-state index in [1.165, 1.54) is 11.1 Å². The van der Waals surface area contributed by atoms with Gasteiger partial charge in [0.05, 0.1) is 11.0 Å². The van der Waals surface area contributed by atoms with Crippen LogP contribution in [0.5, 0.6) is 0 Å². The maximum atomic E-state index is 12.7. The van der Waals surface area contributed by atoms with Gasteiger partial charge in [0.15, 0.2) is 0 Å². The Morgan fingerprint density at radius 3 is 2.72 bits per heavy atom. The summed E-state index contributed by atoms with van der Waals surface area (Å²) in [7, 11) is 0. The van der Waals surface area contributed by atoms with E-state index in [0.29, 0.717) is 0 Å². The van der Waals surface area contributed by atoms with Crippen LogP contribution in [0.25, 0.3) is 11.0 Å². The number of aromatic nitrogens is 2. The highest BCUT2D eigenvalue weighted by atomic mass is 16.1. The van der Waals surface area contributed by atoms with Gasteiger partial charge in [0, 0.05) is 25.0 Å². The van der Waals surface area contributed by atoms with Gasteiger partial charge in [-0.3, -0.25) is 4.79 Å². The van der Waals surface area contributed by atoms with E-state index in [0.717, 1.165) is 55.8 Å². The van der Waals surface area contributed by atoms with Gasteiger partial charge in [-0.05, 0) is 62.8 Å². The first-order valence-corrected chi connectivity index (χ1v) is 10.6. The molecule has 1 unspecified atom stereocenters. The third kappa shape index (κ3) is 4.78. The number of rotatable bonds is 6. The van der Waals surface area contributed by atoms with Crippen LogP contribution in [0.15, 0.2) is 48.5 Å². The van der Waals surface area contributed by atoms with Gasteiger partial charge in [0.2, 0.25) is 11.9 Å². The molecule has 152 valence electrons. The van der Waals surface area contributed by atoms with Crippen LogP contribution in [-0.4, -0.2) is 35.0 Å². The van der Waals surface area contributed by atoms with Crippen molar-refractivity contribution in [1.82, 2.24) is 15.3 Å². The number of aryl methyl sites for hydroxylation is 2. The fraction of sp³-hybridized carbons (Fsp3) is 0.417. The Hall–Kier alpha value is -2.82. The first kappa shape index (κ1) is 19.5. The molecule has 0 radical (unpaired) electrons. The highest BCUT2D eigenvalue weighted by molar-refractivity contribution is 5.80. The van der Waals surface area contributed by atoms with Gasteiger partial charge in [-0.2, -0.15) is 0 Å². The van der Waals surface area contributed by atoms with Gasteiger partial charge in [-0.1, -0.05) is 36.4 Å². The number of nitrogens with zero attached hydrogens (tertiary/aromatic N) is 2. The maximum Gasteiger partial charge on any atom is 0.223 e. The zero-order valence-corrected chi connectivity index (χ0v) is 17.3. The summed E-state index contributed by atoms with van der Waals surface area (Å²) in [4.78, 5) is 23.1. The Kier molecular flexibility index (Phi) is 5.84. The second kappa shape index (κ2) is 8.68. The minimum Gasteiger partial charge on any atom is -0.353 e. The first-order chi connectivity index (χ1) is 14.1. The van der Waals surface area contributed by atoms with Crippen LogP contribution >= 0.6 is 0 Å². The normalized spacial score (nSPS) is 16.1. The van der Waals surface area contributed by atoms with E-state index in [9.17, 15) is 4.79 Å². The molecule has 4 rings (SSSR count). The number of fused-ring (bicyclic) bond motifs is 1. The summed E-state index contributed by atoms with van der Waals surface area (Å²) in [6.45, 7) is 5.90. The van der Waals surface area contributed by atoms with E-state index >= 15 is 0 Å². The number of carbonyl (C=O) groups is 1. The second-order valence-electron chi connectivity index (χ2n) is 8.28. The Labute approximate surface area is 172 Å². The molecule has 5 heteroatoms. The van der Waals surface area contributed by atoms with Gasteiger partial charge < -0.3 is 15.2 Å². The molecule has 2 aromatic carbocycles. The Bertz CT molecular complexity index is 957. The standard InChI is InChI=1S/C24H30N4O/c1-17-8-11-21-22(16-17)27-24(26-21)28-14-12-20(13-15-28)23(29)25-18(2)9-10-19-6-4-3-5-7-19/h3-8,11,16,18,20H,9-10,12-15H2,1-2H3,(H,25,29)(H,26,27). The number of piperidine rings is 1. The van der Waals surface area contributed by atoms with E-state index < -0.39 is 0 Å². The summed E-state index contributed by atoms with van der Waals surface area (Å²) in [6, 6.07) is 16.9. The molecule has 5 nitrogen and oxygen atoms in total. The molecule has 1 aromatic heterocycles. The molecule has 1 aliphatic heterocycles. The lowest BCUT2D eigenvalue weighted by Gasteiger charge is -2.31. The van der Waals surface area contributed by atoms with Gasteiger partial charge in [-0.15, -0.1) is 0 Å². The SMILES string of the molecule is Cc1ccc2nc(N3CCC(C(=O)NC(C)CCc4ccccc4)CC3)[nH]c2c1. The molecule has 29 heavy (non-hydrogen) atoms. The molecule has 1 saturated heterocycles. The number of hydrogen-bond donors (Lipinski definition) is 2. The van der Waals surface area contributed by atoms with Crippen LogP contribution in [0.1, 0.15) is 37.3 Å². The van der Waals surface area contributed by atoms with Crippen LogP contribution in [0.3, 0.4) is 0 Å². The van der Waals surface area contributed by atoms with Crippen LogP contribution in [-0.2, 0) is 11.2 Å². The highest BCUT2D eigenvalue weighted by Gasteiger charge is 2.27. The molecule has 1 aliphatic rings. The third-order valence-corrected chi connectivity index (χ3v) is 5.89. The summed E-state index contributed by atoms with van der Waals surface area (Å²) in [5, 5.41) is 3.22. The number of imidazole rings is 1. The predicted molar refractivity (Wildman–Crippen MR) is 118 cm³/mol. The van der Waals surface area contributed by atoms with Crippen LogP contribution in [0.2, 0.25) is 0 Å². The van der Waals surface area contributed by atoms with Crippen LogP contribution in [0, 0.1) is 12.8 Å². The van der Waals surface area contributed by atoms with Crippen molar-refractivity contribution in [3.63, 3.8) is 0 Å². The average Bonchev–Trinajstić information content (AvgIpc) is 3.16. The number of aromatic amines is 1. The quantitative estimate of drug-likeness (QED) is 0.662. The topological polar surface area (TPSA) is 61.0 Å². The Morgan fingerprint density at radius 2 is 1.97 bits per heavy atom. The molecule has 1 amide bonds. The van der Waals surface area contributed by atoms with Gasteiger partial charge in [0.25, 0.3) is 0 Å². The second-order valence-corrected chi connectivity index (χ2v) is 8.28. The zero-order valence-electron chi connectivity index (χ0n) is 17.3. The molecule has 2 N–H and O–H groups in total. The third-order valence-electron chi connectivity index (χ3n) is 5.89. The fourth-order valence-corrected chi connectivity index (χ4v) is 4.07. The molecule has 0 aliphatic carbocycles. The summed E-state index contributed by atoms with van der Waals surface area (Å²) in [5.74, 6) is 1.21. The molecule has 0 spiro atoms. The first-order valence-electron chi connectivity index (χ1n) is 10.6. The van der Waals surface area contributed by atoms with E-state index in [1.807, 2.05) is 6.07 Å².